The normalized spacial score (nSPS) is 37.8. The summed E-state index contributed by atoms with van der Waals surface area (Å²) in [6.45, 7) is 12.0. The fourth-order valence-electron chi connectivity index (χ4n) is 7.74. The number of aliphatic hydroxyl groups is 4. The molecule has 0 aromatic carbocycles. The Hall–Kier alpha value is -1.79. The maximum atomic E-state index is 12.2. The van der Waals surface area contributed by atoms with Crippen LogP contribution in [0.1, 0.15) is 91.9 Å². The first kappa shape index (κ1) is 30.7. The van der Waals surface area contributed by atoms with Gasteiger partial charge in [0.2, 0.25) is 0 Å². The van der Waals surface area contributed by atoms with Gasteiger partial charge in [-0.25, -0.2) is 0 Å². The molecule has 0 heterocycles. The number of rotatable bonds is 9. The average Bonchev–Trinajstić information content (AvgIpc) is 3.05. The van der Waals surface area contributed by atoms with E-state index in [1.807, 2.05) is 32.1 Å². The van der Waals surface area contributed by atoms with Crippen molar-refractivity contribution in [3.8, 4) is 0 Å². The van der Waals surface area contributed by atoms with E-state index >= 15 is 0 Å². The van der Waals surface area contributed by atoms with Crippen LogP contribution in [0.4, 0.5) is 0 Å². The lowest BCUT2D eigenvalue weighted by Crippen LogP contribution is -2.59. The highest BCUT2D eigenvalue weighted by Gasteiger charge is 2.66. The van der Waals surface area contributed by atoms with Gasteiger partial charge in [0.15, 0.2) is 0 Å². The molecule has 4 N–H and O–H groups in total. The summed E-state index contributed by atoms with van der Waals surface area (Å²) in [5, 5.41) is 45.0. The lowest BCUT2D eigenvalue weighted by Gasteiger charge is -2.55. The fraction of sp³-hybridized carbons (Fsp3) is 0.667. The molecular weight excluding hydrogens is 476 g/mol. The summed E-state index contributed by atoms with van der Waals surface area (Å²) in [6, 6.07) is 0. The monoisotopic (exact) mass is 526 g/mol. The number of aldehydes is 1. The van der Waals surface area contributed by atoms with Crippen LogP contribution in [0.15, 0.2) is 58.7 Å². The number of carbonyl (C=O) groups excluding carboxylic acids is 1. The van der Waals surface area contributed by atoms with Crippen LogP contribution in [0.3, 0.4) is 0 Å². The first-order valence-corrected chi connectivity index (χ1v) is 14.5. The van der Waals surface area contributed by atoms with E-state index in [1.165, 1.54) is 5.57 Å². The average molecular weight is 527 g/mol. The predicted molar refractivity (Wildman–Crippen MR) is 153 cm³/mol. The van der Waals surface area contributed by atoms with E-state index in [4.69, 9.17) is 0 Å². The second kappa shape index (κ2) is 13.0. The third-order valence-corrected chi connectivity index (χ3v) is 9.70. The van der Waals surface area contributed by atoms with Crippen LogP contribution >= 0.6 is 0 Å². The number of hydrogen-bond donors (Lipinski definition) is 4. The molecule has 7 atom stereocenters. The van der Waals surface area contributed by atoms with Crippen LogP contribution < -0.4 is 0 Å². The van der Waals surface area contributed by atoms with Crippen molar-refractivity contribution in [3.05, 3.63) is 58.7 Å². The van der Waals surface area contributed by atoms with Crippen molar-refractivity contribution >= 4 is 6.29 Å². The Kier molecular flexibility index (Phi) is 10.6. The molecule has 38 heavy (non-hydrogen) atoms. The van der Waals surface area contributed by atoms with Crippen LogP contribution in [-0.2, 0) is 4.79 Å². The summed E-state index contributed by atoms with van der Waals surface area (Å²) >= 11 is 0. The van der Waals surface area contributed by atoms with E-state index in [-0.39, 0.29) is 24.4 Å². The highest BCUT2D eigenvalue weighted by Crippen LogP contribution is 2.65. The summed E-state index contributed by atoms with van der Waals surface area (Å²) in [5.41, 5.74) is 2.85. The Morgan fingerprint density at radius 2 is 1.92 bits per heavy atom. The van der Waals surface area contributed by atoms with Gasteiger partial charge in [-0.1, -0.05) is 54.0 Å². The van der Waals surface area contributed by atoms with Crippen LogP contribution in [-0.4, -0.2) is 51.1 Å². The lowest BCUT2D eigenvalue weighted by molar-refractivity contribution is -0.168. The second-order valence-corrected chi connectivity index (χ2v) is 12.4. The van der Waals surface area contributed by atoms with Crippen molar-refractivity contribution in [2.75, 3.05) is 6.61 Å². The summed E-state index contributed by atoms with van der Waals surface area (Å²) in [7, 11) is 0. The van der Waals surface area contributed by atoms with Gasteiger partial charge in [-0.05, 0) is 108 Å². The minimum Gasteiger partial charge on any atom is -0.396 e. The molecule has 0 aromatic heterocycles. The molecule has 0 radical (unpaired) electrons. The molecule has 3 saturated carbocycles. The first-order valence-electron chi connectivity index (χ1n) is 14.5. The number of hydrogen-bond acceptors (Lipinski definition) is 5. The van der Waals surface area contributed by atoms with Gasteiger partial charge >= 0.3 is 0 Å². The van der Waals surface area contributed by atoms with Gasteiger partial charge in [0.05, 0.1) is 17.8 Å². The van der Waals surface area contributed by atoms with E-state index in [2.05, 4.69) is 26.5 Å². The highest BCUT2D eigenvalue weighted by atomic mass is 16.3. The Morgan fingerprint density at radius 3 is 2.58 bits per heavy atom. The molecule has 212 valence electrons. The van der Waals surface area contributed by atoms with E-state index in [0.29, 0.717) is 44.1 Å². The van der Waals surface area contributed by atoms with Crippen molar-refractivity contribution in [3.63, 3.8) is 0 Å². The minimum atomic E-state index is -1.13. The SMILES string of the molecule is C=C(/C=C/C=C1\[C@H]2[C@@H](CCC[C@H]1O)C[C@@]1([C@H](CCCO)/C(=C(\C)C=O)CC[C@@]1(C)O)[C@@H]2O)CCC=C(C)C. The summed E-state index contributed by atoms with van der Waals surface area (Å²) in [4.78, 5) is 11.8. The van der Waals surface area contributed by atoms with E-state index in [1.54, 1.807) is 0 Å². The molecule has 0 bridgehead atoms. The predicted octanol–water partition coefficient (Wildman–Crippen LogP) is 5.75. The third kappa shape index (κ3) is 6.17. The molecule has 0 aliphatic heterocycles. The topological polar surface area (TPSA) is 98.0 Å². The van der Waals surface area contributed by atoms with Crippen LogP contribution in [0.5, 0.6) is 0 Å². The summed E-state index contributed by atoms with van der Waals surface area (Å²) in [5.74, 6) is -0.342. The minimum absolute atomic E-state index is 0.0251. The van der Waals surface area contributed by atoms with Crippen LogP contribution in [0.2, 0.25) is 0 Å². The number of carbonyl (C=O) groups is 1. The van der Waals surface area contributed by atoms with Gasteiger partial charge in [-0.15, -0.1) is 0 Å². The molecule has 0 saturated heterocycles. The quantitative estimate of drug-likeness (QED) is 0.133. The lowest BCUT2D eigenvalue weighted by atomic mass is 9.52. The molecule has 0 amide bonds. The van der Waals surface area contributed by atoms with Crippen molar-refractivity contribution in [2.45, 2.75) is 110 Å². The zero-order valence-corrected chi connectivity index (χ0v) is 24.0. The molecule has 5 nitrogen and oxygen atoms in total. The Labute approximate surface area is 229 Å². The molecule has 1 spiro atoms. The zero-order valence-electron chi connectivity index (χ0n) is 24.0. The second-order valence-electron chi connectivity index (χ2n) is 12.4. The van der Waals surface area contributed by atoms with Gasteiger partial charge in [0, 0.05) is 17.9 Å². The molecule has 3 fully saturated rings. The molecule has 3 aliphatic carbocycles. The van der Waals surface area contributed by atoms with E-state index in [9.17, 15) is 25.2 Å². The smallest absolute Gasteiger partial charge is 0.145 e. The molecule has 0 aromatic rings. The molecular formula is C33H50O5. The number of aliphatic hydroxyl groups excluding tert-OH is 3. The third-order valence-electron chi connectivity index (χ3n) is 9.70. The van der Waals surface area contributed by atoms with Gasteiger partial charge in [0.1, 0.15) is 6.29 Å². The van der Waals surface area contributed by atoms with Crippen molar-refractivity contribution in [1.82, 2.24) is 0 Å². The Morgan fingerprint density at radius 1 is 1.18 bits per heavy atom. The molecule has 3 aliphatic rings. The maximum absolute atomic E-state index is 12.2. The van der Waals surface area contributed by atoms with Crippen LogP contribution in [0, 0.1) is 23.2 Å². The zero-order chi connectivity index (χ0) is 28.1. The van der Waals surface area contributed by atoms with Crippen molar-refractivity contribution in [1.29, 1.82) is 0 Å². The summed E-state index contributed by atoms with van der Waals surface area (Å²) < 4.78 is 0. The molecule has 5 heteroatoms. The Balaban J connectivity index is 2.01. The highest BCUT2D eigenvalue weighted by molar-refractivity contribution is 5.74. The molecule has 0 unspecified atom stereocenters. The van der Waals surface area contributed by atoms with Gasteiger partial charge in [0.25, 0.3) is 0 Å². The standard InChI is InChI=1S/C33H50O5/c1-22(2)10-6-11-23(3)12-7-14-27-29(36)16-8-13-25-20-33(31(37)30(25)27)28(15-9-19-34)26(24(4)21-35)17-18-32(33,5)38/h7,10,12,14,21,25,28-31,34,36-38H,3,6,8-9,11,13,15-20H2,1-2,4-5H3/b12-7+,26-24+,27-14-/t25-,28+,29+,30+,31+,32+,33+/m0/s1. The number of allylic oxidation sites excluding steroid dienone is 8. The van der Waals surface area contributed by atoms with E-state index < -0.39 is 23.2 Å². The first-order chi connectivity index (χ1) is 18.0. The summed E-state index contributed by atoms with van der Waals surface area (Å²) in [6.07, 6.45) is 14.6. The van der Waals surface area contributed by atoms with E-state index in [0.717, 1.165) is 48.7 Å². The maximum Gasteiger partial charge on any atom is 0.145 e. The van der Waals surface area contributed by atoms with Gasteiger partial charge in [-0.3, -0.25) is 4.79 Å². The number of fused-ring (bicyclic) bond motifs is 1. The van der Waals surface area contributed by atoms with Crippen LogP contribution in [0.25, 0.3) is 0 Å². The molecule has 3 rings (SSSR count). The van der Waals surface area contributed by atoms with Gasteiger partial charge in [-0.2, -0.15) is 0 Å². The van der Waals surface area contributed by atoms with Crippen molar-refractivity contribution < 1.29 is 25.2 Å². The van der Waals surface area contributed by atoms with Crippen molar-refractivity contribution in [2.24, 2.45) is 23.2 Å². The Bertz CT molecular complexity index is 979. The van der Waals surface area contributed by atoms with Gasteiger partial charge < -0.3 is 20.4 Å². The largest absolute Gasteiger partial charge is 0.396 e. The fourth-order valence-corrected chi connectivity index (χ4v) is 7.74.